The van der Waals surface area contributed by atoms with Crippen LogP contribution in [-0.4, -0.2) is 44.1 Å². The van der Waals surface area contributed by atoms with Gasteiger partial charge in [0.25, 0.3) is 0 Å². The number of oxime groups is 1. The molecule has 0 amide bonds. The smallest absolute Gasteiger partial charge is 0.170 e. The van der Waals surface area contributed by atoms with Crippen molar-refractivity contribution in [1.82, 2.24) is 0 Å². The zero-order chi connectivity index (χ0) is 14.0. The molecular formula is C12H17N3O3S. The van der Waals surface area contributed by atoms with Gasteiger partial charge >= 0.3 is 0 Å². The fourth-order valence-electron chi connectivity index (χ4n) is 2.22. The Hall–Kier alpha value is -1.76. The zero-order valence-electron chi connectivity index (χ0n) is 10.7. The highest BCUT2D eigenvalue weighted by Gasteiger charge is 2.30. The molecular weight excluding hydrogens is 266 g/mol. The van der Waals surface area contributed by atoms with E-state index in [-0.39, 0.29) is 23.4 Å². The Bertz CT molecular complexity index is 581. The summed E-state index contributed by atoms with van der Waals surface area (Å²) >= 11 is 0. The van der Waals surface area contributed by atoms with Crippen LogP contribution in [0.5, 0.6) is 0 Å². The summed E-state index contributed by atoms with van der Waals surface area (Å²) in [5.74, 6) is 0.507. The van der Waals surface area contributed by atoms with E-state index >= 15 is 0 Å². The number of hydrogen-bond donors (Lipinski definition) is 2. The third-order valence-electron chi connectivity index (χ3n) is 3.43. The molecule has 0 bridgehead atoms. The van der Waals surface area contributed by atoms with Crippen molar-refractivity contribution in [2.45, 2.75) is 12.5 Å². The number of rotatable bonds is 3. The van der Waals surface area contributed by atoms with E-state index in [0.29, 0.717) is 12.0 Å². The Kier molecular flexibility index (Phi) is 3.66. The summed E-state index contributed by atoms with van der Waals surface area (Å²) in [6.45, 7) is 0. The molecule has 6 nitrogen and oxygen atoms in total. The molecule has 0 spiro atoms. The lowest BCUT2D eigenvalue weighted by molar-refractivity contribution is 0.318. The minimum atomic E-state index is -2.89. The van der Waals surface area contributed by atoms with Crippen molar-refractivity contribution in [2.75, 3.05) is 23.5 Å². The van der Waals surface area contributed by atoms with Gasteiger partial charge in [0.05, 0.1) is 11.5 Å². The van der Waals surface area contributed by atoms with Gasteiger partial charge in [0, 0.05) is 24.3 Å². The van der Waals surface area contributed by atoms with Crippen molar-refractivity contribution < 1.29 is 13.6 Å². The predicted octanol–water partition coefficient (Wildman–Crippen LogP) is 0.404. The molecule has 0 aromatic heterocycles. The van der Waals surface area contributed by atoms with Crippen molar-refractivity contribution >= 4 is 21.4 Å². The SMILES string of the molecule is CN(c1ccc(/C(N)=N/O)cc1)C1CCS(=O)(=O)C1. The summed E-state index contributed by atoms with van der Waals surface area (Å²) in [7, 11) is -1.01. The first kappa shape index (κ1) is 13.7. The monoisotopic (exact) mass is 283 g/mol. The van der Waals surface area contributed by atoms with E-state index in [1.165, 1.54) is 0 Å². The van der Waals surface area contributed by atoms with Crippen LogP contribution in [0.2, 0.25) is 0 Å². The largest absolute Gasteiger partial charge is 0.409 e. The number of sulfone groups is 1. The van der Waals surface area contributed by atoms with Crippen molar-refractivity contribution in [3.05, 3.63) is 29.8 Å². The first-order valence-corrected chi connectivity index (χ1v) is 7.76. The van der Waals surface area contributed by atoms with Crippen LogP contribution in [0.25, 0.3) is 0 Å². The highest BCUT2D eigenvalue weighted by Crippen LogP contribution is 2.23. The highest BCUT2D eigenvalue weighted by molar-refractivity contribution is 7.91. The lowest BCUT2D eigenvalue weighted by Gasteiger charge is -2.25. The molecule has 1 aromatic rings. The summed E-state index contributed by atoms with van der Waals surface area (Å²) in [6.07, 6.45) is 0.654. The van der Waals surface area contributed by atoms with Crippen LogP contribution in [-0.2, 0) is 9.84 Å². The van der Waals surface area contributed by atoms with E-state index < -0.39 is 9.84 Å². The van der Waals surface area contributed by atoms with Crippen molar-refractivity contribution in [3.63, 3.8) is 0 Å². The molecule has 1 aromatic carbocycles. The first-order chi connectivity index (χ1) is 8.93. The second-order valence-electron chi connectivity index (χ2n) is 4.70. The number of nitrogens with zero attached hydrogens (tertiary/aromatic N) is 2. The number of benzene rings is 1. The quantitative estimate of drug-likeness (QED) is 0.362. The lowest BCUT2D eigenvalue weighted by atomic mass is 10.1. The van der Waals surface area contributed by atoms with E-state index in [2.05, 4.69) is 5.16 Å². The van der Waals surface area contributed by atoms with Crippen LogP contribution in [0.4, 0.5) is 5.69 Å². The Labute approximate surface area is 112 Å². The van der Waals surface area contributed by atoms with Gasteiger partial charge < -0.3 is 15.8 Å². The standard InChI is InChI=1S/C12H17N3O3S/c1-15(11-6-7-19(17,18)8-11)10-4-2-9(3-5-10)12(13)14-16/h2-5,11,16H,6-8H2,1H3,(H2,13,14). The first-order valence-electron chi connectivity index (χ1n) is 5.94. The zero-order valence-corrected chi connectivity index (χ0v) is 11.5. The summed E-state index contributed by atoms with van der Waals surface area (Å²) in [6, 6.07) is 7.16. The average molecular weight is 283 g/mol. The van der Waals surface area contributed by atoms with Gasteiger partial charge in [-0.15, -0.1) is 0 Å². The molecule has 0 saturated carbocycles. The Morgan fingerprint density at radius 1 is 1.42 bits per heavy atom. The molecule has 1 unspecified atom stereocenters. The summed E-state index contributed by atoms with van der Waals surface area (Å²) in [5, 5.41) is 11.5. The second-order valence-corrected chi connectivity index (χ2v) is 6.93. The molecule has 1 saturated heterocycles. The fraction of sp³-hybridized carbons (Fsp3) is 0.417. The third kappa shape index (κ3) is 2.98. The number of amidine groups is 1. The molecule has 1 heterocycles. The van der Waals surface area contributed by atoms with Gasteiger partial charge in [-0.3, -0.25) is 0 Å². The maximum absolute atomic E-state index is 11.5. The summed E-state index contributed by atoms with van der Waals surface area (Å²) < 4.78 is 22.9. The van der Waals surface area contributed by atoms with E-state index in [1.54, 1.807) is 12.1 Å². The number of hydrogen-bond acceptors (Lipinski definition) is 5. The van der Waals surface area contributed by atoms with Gasteiger partial charge in [0.15, 0.2) is 15.7 Å². The van der Waals surface area contributed by atoms with Crippen LogP contribution < -0.4 is 10.6 Å². The predicted molar refractivity (Wildman–Crippen MR) is 74.4 cm³/mol. The van der Waals surface area contributed by atoms with Gasteiger partial charge in [-0.2, -0.15) is 0 Å². The van der Waals surface area contributed by atoms with Gasteiger partial charge in [0.1, 0.15) is 0 Å². The highest BCUT2D eigenvalue weighted by atomic mass is 32.2. The molecule has 19 heavy (non-hydrogen) atoms. The molecule has 1 atom stereocenters. The molecule has 0 aliphatic carbocycles. The lowest BCUT2D eigenvalue weighted by Crippen LogP contribution is -2.32. The minimum absolute atomic E-state index is 0.0136. The average Bonchev–Trinajstić information content (AvgIpc) is 2.77. The maximum Gasteiger partial charge on any atom is 0.170 e. The second kappa shape index (κ2) is 5.08. The van der Waals surface area contributed by atoms with Gasteiger partial charge in [-0.1, -0.05) is 5.16 Å². The van der Waals surface area contributed by atoms with Crippen LogP contribution in [0, 0.1) is 0 Å². The van der Waals surface area contributed by atoms with Crippen molar-refractivity contribution in [2.24, 2.45) is 10.9 Å². The van der Waals surface area contributed by atoms with E-state index in [9.17, 15) is 8.42 Å². The van der Waals surface area contributed by atoms with Crippen molar-refractivity contribution in [1.29, 1.82) is 0 Å². The third-order valence-corrected chi connectivity index (χ3v) is 5.18. The van der Waals surface area contributed by atoms with E-state index in [4.69, 9.17) is 10.9 Å². The van der Waals surface area contributed by atoms with Crippen LogP contribution in [0.15, 0.2) is 29.4 Å². The topological polar surface area (TPSA) is 96.0 Å². The van der Waals surface area contributed by atoms with Gasteiger partial charge in [-0.25, -0.2) is 8.42 Å². The summed E-state index contributed by atoms with van der Waals surface area (Å²) in [5.41, 5.74) is 7.02. The Morgan fingerprint density at radius 3 is 2.53 bits per heavy atom. The van der Waals surface area contributed by atoms with Crippen molar-refractivity contribution in [3.8, 4) is 0 Å². The normalized spacial score (nSPS) is 22.4. The molecule has 0 radical (unpaired) electrons. The molecule has 3 N–H and O–H groups in total. The molecule has 7 heteroatoms. The molecule has 2 rings (SSSR count). The van der Waals surface area contributed by atoms with E-state index in [0.717, 1.165) is 5.69 Å². The van der Waals surface area contributed by atoms with E-state index in [1.807, 2.05) is 24.1 Å². The Balaban J connectivity index is 2.14. The molecule has 1 fully saturated rings. The maximum atomic E-state index is 11.5. The van der Waals surface area contributed by atoms with Crippen LogP contribution in [0.1, 0.15) is 12.0 Å². The van der Waals surface area contributed by atoms with Gasteiger partial charge in [-0.05, 0) is 30.7 Å². The Morgan fingerprint density at radius 2 is 2.05 bits per heavy atom. The molecule has 1 aliphatic rings. The van der Waals surface area contributed by atoms with Crippen LogP contribution in [0.3, 0.4) is 0 Å². The minimum Gasteiger partial charge on any atom is -0.409 e. The fourth-order valence-corrected chi connectivity index (χ4v) is 3.99. The molecule has 1 aliphatic heterocycles. The van der Waals surface area contributed by atoms with Gasteiger partial charge in [0.2, 0.25) is 0 Å². The van der Waals surface area contributed by atoms with Crippen LogP contribution >= 0.6 is 0 Å². The number of anilines is 1. The summed E-state index contributed by atoms with van der Waals surface area (Å²) in [4.78, 5) is 1.96. The molecule has 104 valence electrons. The number of nitrogens with two attached hydrogens (primary N) is 1.